The number of hydrogen-bond acceptors (Lipinski definition) is 4. The summed E-state index contributed by atoms with van der Waals surface area (Å²) in [5.74, 6) is 1.12. The lowest BCUT2D eigenvalue weighted by Crippen LogP contribution is -2.31. The molecule has 2 heterocycles. The van der Waals surface area contributed by atoms with Crippen LogP contribution >= 0.6 is 15.9 Å². The first-order chi connectivity index (χ1) is 10.6. The van der Waals surface area contributed by atoms with Crippen LogP contribution < -0.4 is 10.5 Å². The lowest BCUT2D eigenvalue weighted by Gasteiger charge is -2.15. The van der Waals surface area contributed by atoms with Gasteiger partial charge in [-0.05, 0) is 36.8 Å². The number of pyridine rings is 1. The fourth-order valence-electron chi connectivity index (χ4n) is 2.34. The molecule has 1 aromatic heterocycles. The molecule has 0 saturated carbocycles. The van der Waals surface area contributed by atoms with Crippen LogP contribution in [0.1, 0.15) is 16.8 Å². The summed E-state index contributed by atoms with van der Waals surface area (Å²) in [6.07, 6.45) is 2.39. The number of rotatable bonds is 3. The van der Waals surface area contributed by atoms with Crippen LogP contribution in [0.25, 0.3) is 0 Å². The van der Waals surface area contributed by atoms with Crippen LogP contribution in [0.2, 0.25) is 0 Å². The van der Waals surface area contributed by atoms with E-state index >= 15 is 0 Å². The Labute approximate surface area is 137 Å². The van der Waals surface area contributed by atoms with Gasteiger partial charge in [0.25, 0.3) is 5.91 Å². The van der Waals surface area contributed by atoms with Gasteiger partial charge in [0.1, 0.15) is 5.75 Å². The van der Waals surface area contributed by atoms with Gasteiger partial charge in [-0.15, -0.1) is 0 Å². The van der Waals surface area contributed by atoms with E-state index in [1.165, 1.54) is 0 Å². The Balaban J connectivity index is 1.67. The van der Waals surface area contributed by atoms with Crippen molar-refractivity contribution in [2.24, 2.45) is 5.73 Å². The van der Waals surface area contributed by atoms with Gasteiger partial charge in [0.15, 0.2) is 0 Å². The molecule has 1 fully saturated rings. The molecule has 3 rings (SSSR count). The Morgan fingerprint density at radius 1 is 1.27 bits per heavy atom. The number of amides is 1. The lowest BCUT2D eigenvalue weighted by atomic mass is 10.2. The molecule has 0 aliphatic carbocycles. The zero-order valence-electron chi connectivity index (χ0n) is 11.9. The van der Waals surface area contributed by atoms with Crippen LogP contribution in [-0.4, -0.2) is 34.9 Å². The van der Waals surface area contributed by atoms with Crippen molar-refractivity contribution in [3.05, 3.63) is 52.6 Å². The third-order valence-electron chi connectivity index (χ3n) is 3.53. The van der Waals surface area contributed by atoms with Crippen molar-refractivity contribution < 1.29 is 9.53 Å². The molecular formula is C16H16BrN3O2. The smallest absolute Gasteiger partial charge is 0.255 e. The molecule has 1 saturated heterocycles. The molecule has 2 aromatic rings. The first kappa shape index (κ1) is 15.0. The first-order valence-electron chi connectivity index (χ1n) is 7.06. The van der Waals surface area contributed by atoms with E-state index in [0.29, 0.717) is 30.3 Å². The Bertz CT molecular complexity index is 658. The molecule has 2 N–H and O–H groups in total. The molecule has 1 aliphatic heterocycles. The van der Waals surface area contributed by atoms with E-state index < -0.39 is 0 Å². The number of benzene rings is 1. The van der Waals surface area contributed by atoms with E-state index in [9.17, 15) is 4.79 Å². The molecular weight excluding hydrogens is 346 g/mol. The highest BCUT2D eigenvalue weighted by atomic mass is 79.9. The average Bonchev–Trinajstić information content (AvgIpc) is 2.96. The molecule has 0 radical (unpaired) electrons. The van der Waals surface area contributed by atoms with Gasteiger partial charge < -0.3 is 15.4 Å². The third kappa shape index (κ3) is 3.45. The highest BCUT2D eigenvalue weighted by Crippen LogP contribution is 2.22. The Morgan fingerprint density at radius 2 is 2.05 bits per heavy atom. The maximum absolute atomic E-state index is 12.3. The number of likely N-dealkylation sites (tertiary alicyclic amines) is 1. The highest BCUT2D eigenvalue weighted by Gasteiger charge is 2.24. The summed E-state index contributed by atoms with van der Waals surface area (Å²) < 4.78 is 6.62. The second-order valence-corrected chi connectivity index (χ2v) is 6.16. The zero-order valence-corrected chi connectivity index (χ0v) is 13.5. The molecule has 1 atom stereocenters. The highest BCUT2D eigenvalue weighted by molar-refractivity contribution is 9.10. The summed E-state index contributed by atoms with van der Waals surface area (Å²) in [6.45, 7) is 1.31. The molecule has 114 valence electrons. The van der Waals surface area contributed by atoms with E-state index in [1.807, 2.05) is 24.3 Å². The van der Waals surface area contributed by atoms with Crippen LogP contribution in [0.15, 0.2) is 47.1 Å². The summed E-state index contributed by atoms with van der Waals surface area (Å²) >= 11 is 3.37. The minimum atomic E-state index is -0.0318. The van der Waals surface area contributed by atoms with Gasteiger partial charge in [0.05, 0.1) is 5.56 Å². The van der Waals surface area contributed by atoms with E-state index in [2.05, 4.69) is 20.9 Å². The minimum absolute atomic E-state index is 0.0318. The van der Waals surface area contributed by atoms with Crippen LogP contribution in [-0.2, 0) is 0 Å². The average molecular weight is 362 g/mol. The minimum Gasteiger partial charge on any atom is -0.439 e. The van der Waals surface area contributed by atoms with Crippen LogP contribution in [0.3, 0.4) is 0 Å². The molecule has 5 nitrogen and oxygen atoms in total. The molecule has 0 bridgehead atoms. The molecule has 0 spiro atoms. The number of nitrogens with zero attached hydrogens (tertiary/aromatic N) is 2. The van der Waals surface area contributed by atoms with Crippen molar-refractivity contribution in [2.45, 2.75) is 12.5 Å². The Hall–Kier alpha value is -1.92. The van der Waals surface area contributed by atoms with Crippen LogP contribution in [0.5, 0.6) is 11.6 Å². The predicted molar refractivity (Wildman–Crippen MR) is 86.9 cm³/mol. The van der Waals surface area contributed by atoms with Crippen molar-refractivity contribution in [2.75, 3.05) is 13.1 Å². The summed E-state index contributed by atoms with van der Waals surface area (Å²) in [5.41, 5.74) is 6.38. The van der Waals surface area contributed by atoms with E-state index in [0.717, 1.165) is 10.9 Å². The molecule has 1 aromatic carbocycles. The van der Waals surface area contributed by atoms with Crippen molar-refractivity contribution in [1.82, 2.24) is 9.88 Å². The van der Waals surface area contributed by atoms with Gasteiger partial charge >= 0.3 is 0 Å². The summed E-state index contributed by atoms with van der Waals surface area (Å²) in [5, 5.41) is 0. The quantitative estimate of drug-likeness (QED) is 0.912. The van der Waals surface area contributed by atoms with Gasteiger partial charge in [0, 0.05) is 35.9 Å². The summed E-state index contributed by atoms with van der Waals surface area (Å²) in [7, 11) is 0. The number of ether oxygens (including phenoxy) is 1. The number of hydrogen-bond donors (Lipinski definition) is 1. The second kappa shape index (κ2) is 6.46. The molecule has 22 heavy (non-hydrogen) atoms. The maximum Gasteiger partial charge on any atom is 0.255 e. The molecule has 6 heteroatoms. The number of carbonyl (C=O) groups is 1. The standard InChI is InChI=1S/C16H16BrN3O2/c17-12-2-4-14(5-3-12)22-15-6-1-11(9-19-15)16(21)20-8-7-13(18)10-20/h1-6,9,13H,7-8,10,18H2/t13-/m0/s1. The van der Waals surface area contributed by atoms with Crippen molar-refractivity contribution >= 4 is 21.8 Å². The molecule has 0 unspecified atom stereocenters. The summed E-state index contributed by atoms with van der Waals surface area (Å²) in [6, 6.07) is 11.0. The number of halogens is 1. The lowest BCUT2D eigenvalue weighted by molar-refractivity contribution is 0.0790. The van der Waals surface area contributed by atoms with Gasteiger partial charge in [-0.2, -0.15) is 0 Å². The van der Waals surface area contributed by atoms with Crippen molar-refractivity contribution in [1.29, 1.82) is 0 Å². The van der Waals surface area contributed by atoms with Crippen molar-refractivity contribution in [3.8, 4) is 11.6 Å². The zero-order chi connectivity index (χ0) is 15.5. The largest absolute Gasteiger partial charge is 0.439 e. The monoisotopic (exact) mass is 361 g/mol. The fraction of sp³-hybridized carbons (Fsp3) is 0.250. The van der Waals surface area contributed by atoms with Gasteiger partial charge in [-0.3, -0.25) is 4.79 Å². The van der Waals surface area contributed by atoms with E-state index in [1.54, 1.807) is 23.2 Å². The topological polar surface area (TPSA) is 68.5 Å². The van der Waals surface area contributed by atoms with Gasteiger partial charge in [-0.1, -0.05) is 15.9 Å². The summed E-state index contributed by atoms with van der Waals surface area (Å²) in [4.78, 5) is 18.2. The van der Waals surface area contributed by atoms with Gasteiger partial charge in [-0.25, -0.2) is 4.98 Å². The molecule has 1 amide bonds. The van der Waals surface area contributed by atoms with Crippen molar-refractivity contribution in [3.63, 3.8) is 0 Å². The van der Waals surface area contributed by atoms with Crippen LogP contribution in [0.4, 0.5) is 0 Å². The number of nitrogens with two attached hydrogens (primary N) is 1. The normalized spacial score (nSPS) is 17.5. The van der Waals surface area contributed by atoms with E-state index in [4.69, 9.17) is 10.5 Å². The predicted octanol–water partition coefficient (Wildman–Crippen LogP) is 2.81. The Kier molecular flexibility index (Phi) is 4.40. The fourth-order valence-corrected chi connectivity index (χ4v) is 2.61. The number of carbonyl (C=O) groups excluding carboxylic acids is 1. The SMILES string of the molecule is N[C@H]1CCN(C(=O)c2ccc(Oc3ccc(Br)cc3)nc2)C1. The second-order valence-electron chi connectivity index (χ2n) is 5.24. The Morgan fingerprint density at radius 3 is 2.64 bits per heavy atom. The van der Waals surface area contributed by atoms with Crippen LogP contribution in [0, 0.1) is 0 Å². The number of aromatic nitrogens is 1. The first-order valence-corrected chi connectivity index (χ1v) is 7.85. The maximum atomic E-state index is 12.3. The van der Waals surface area contributed by atoms with E-state index in [-0.39, 0.29) is 11.9 Å². The van der Waals surface area contributed by atoms with Gasteiger partial charge in [0.2, 0.25) is 5.88 Å². The molecule has 1 aliphatic rings. The third-order valence-corrected chi connectivity index (χ3v) is 4.06.